The topological polar surface area (TPSA) is 88.5 Å². The van der Waals surface area contributed by atoms with Gasteiger partial charge in [0.15, 0.2) is 0 Å². The van der Waals surface area contributed by atoms with Gasteiger partial charge in [0.25, 0.3) is 5.89 Å². The highest BCUT2D eigenvalue weighted by Gasteiger charge is 2.12. The lowest BCUT2D eigenvalue weighted by molar-refractivity contribution is 0.431. The number of pyridine rings is 2. The fourth-order valence-corrected chi connectivity index (χ4v) is 1.68. The summed E-state index contributed by atoms with van der Waals surface area (Å²) in [5, 5.41) is 12.6. The summed E-state index contributed by atoms with van der Waals surface area (Å²) in [7, 11) is 0. The standard InChI is InChI=1S/C14H9N5O/c1-9-4-5-16-12(6-9)13-18-14(20-19-13)11-3-2-10(7-15)8-17-11/h2-6,8H,1H3. The second-order valence-electron chi connectivity index (χ2n) is 4.19. The zero-order valence-electron chi connectivity index (χ0n) is 10.6. The summed E-state index contributed by atoms with van der Waals surface area (Å²) in [5.74, 6) is 0.711. The molecule has 6 nitrogen and oxygen atoms in total. The van der Waals surface area contributed by atoms with Gasteiger partial charge in [0.1, 0.15) is 17.5 Å². The molecule has 0 N–H and O–H groups in total. The van der Waals surface area contributed by atoms with Gasteiger partial charge in [-0.05, 0) is 36.8 Å². The van der Waals surface area contributed by atoms with Crippen LogP contribution in [0.5, 0.6) is 0 Å². The monoisotopic (exact) mass is 263 g/mol. The third-order valence-electron chi connectivity index (χ3n) is 2.68. The molecule has 0 fully saturated rings. The zero-order valence-corrected chi connectivity index (χ0v) is 10.6. The van der Waals surface area contributed by atoms with E-state index in [4.69, 9.17) is 9.78 Å². The first-order valence-corrected chi connectivity index (χ1v) is 5.89. The Bertz CT molecular complexity index is 786. The molecule has 0 radical (unpaired) electrons. The van der Waals surface area contributed by atoms with Crippen LogP contribution < -0.4 is 0 Å². The van der Waals surface area contributed by atoms with E-state index in [1.807, 2.05) is 25.1 Å². The molecule has 0 aromatic carbocycles. The third-order valence-corrected chi connectivity index (χ3v) is 2.68. The van der Waals surface area contributed by atoms with Crippen molar-refractivity contribution >= 4 is 0 Å². The van der Waals surface area contributed by atoms with Crippen LogP contribution in [0.15, 0.2) is 41.2 Å². The van der Waals surface area contributed by atoms with E-state index in [9.17, 15) is 0 Å². The Hall–Kier alpha value is -3.07. The molecule has 0 saturated heterocycles. The zero-order chi connectivity index (χ0) is 13.9. The normalized spacial score (nSPS) is 10.2. The van der Waals surface area contributed by atoms with Crippen molar-refractivity contribution in [1.29, 1.82) is 5.26 Å². The maximum absolute atomic E-state index is 8.73. The van der Waals surface area contributed by atoms with Crippen LogP contribution in [0.25, 0.3) is 23.1 Å². The number of aromatic nitrogens is 4. The van der Waals surface area contributed by atoms with Gasteiger partial charge in [-0.2, -0.15) is 10.2 Å². The van der Waals surface area contributed by atoms with Gasteiger partial charge in [-0.25, -0.2) is 4.98 Å². The smallest absolute Gasteiger partial charge is 0.276 e. The van der Waals surface area contributed by atoms with Crippen LogP contribution in [-0.2, 0) is 0 Å². The minimum absolute atomic E-state index is 0.299. The highest BCUT2D eigenvalue weighted by atomic mass is 16.5. The minimum Gasteiger partial charge on any atom is -0.332 e. The highest BCUT2D eigenvalue weighted by molar-refractivity contribution is 5.55. The van der Waals surface area contributed by atoms with Crippen molar-refractivity contribution in [3.63, 3.8) is 0 Å². The van der Waals surface area contributed by atoms with Gasteiger partial charge in [-0.3, -0.25) is 4.98 Å². The molecular formula is C14H9N5O. The summed E-state index contributed by atoms with van der Waals surface area (Å²) >= 11 is 0. The van der Waals surface area contributed by atoms with Crippen molar-refractivity contribution in [3.8, 4) is 29.2 Å². The Morgan fingerprint density at radius 2 is 2.05 bits per heavy atom. The van der Waals surface area contributed by atoms with Crippen LogP contribution in [0.2, 0.25) is 0 Å². The van der Waals surface area contributed by atoms with Gasteiger partial charge in [-0.1, -0.05) is 5.16 Å². The molecular weight excluding hydrogens is 254 g/mol. The number of nitriles is 1. The summed E-state index contributed by atoms with van der Waals surface area (Å²) in [5.41, 5.74) is 2.72. The van der Waals surface area contributed by atoms with Crippen molar-refractivity contribution in [3.05, 3.63) is 47.8 Å². The van der Waals surface area contributed by atoms with Gasteiger partial charge in [-0.15, -0.1) is 0 Å². The van der Waals surface area contributed by atoms with E-state index in [0.717, 1.165) is 5.56 Å². The second-order valence-corrected chi connectivity index (χ2v) is 4.19. The Kier molecular flexibility index (Phi) is 2.94. The number of hydrogen-bond acceptors (Lipinski definition) is 6. The predicted molar refractivity (Wildman–Crippen MR) is 70.2 cm³/mol. The van der Waals surface area contributed by atoms with Gasteiger partial charge in [0.05, 0.1) is 5.56 Å². The number of aryl methyl sites for hydroxylation is 1. The fourth-order valence-electron chi connectivity index (χ4n) is 1.68. The quantitative estimate of drug-likeness (QED) is 0.705. The Morgan fingerprint density at radius 3 is 2.75 bits per heavy atom. The lowest BCUT2D eigenvalue weighted by atomic mass is 10.2. The highest BCUT2D eigenvalue weighted by Crippen LogP contribution is 2.19. The minimum atomic E-state index is 0.299. The molecule has 0 unspecified atom stereocenters. The molecule has 0 aliphatic rings. The van der Waals surface area contributed by atoms with Crippen molar-refractivity contribution in [2.45, 2.75) is 6.92 Å². The molecule has 3 aromatic heterocycles. The summed E-state index contributed by atoms with van der Waals surface area (Å²) in [4.78, 5) is 12.6. The van der Waals surface area contributed by atoms with Crippen molar-refractivity contribution < 1.29 is 4.52 Å². The van der Waals surface area contributed by atoms with Gasteiger partial charge < -0.3 is 4.52 Å². The Morgan fingerprint density at radius 1 is 1.15 bits per heavy atom. The lowest BCUT2D eigenvalue weighted by Gasteiger charge is -1.94. The first-order valence-electron chi connectivity index (χ1n) is 5.89. The summed E-state index contributed by atoms with van der Waals surface area (Å²) in [6, 6.07) is 9.09. The van der Waals surface area contributed by atoms with E-state index in [0.29, 0.717) is 28.7 Å². The van der Waals surface area contributed by atoms with E-state index < -0.39 is 0 Å². The number of nitrogens with zero attached hydrogens (tertiary/aromatic N) is 5. The van der Waals surface area contributed by atoms with Gasteiger partial charge >= 0.3 is 0 Å². The first kappa shape index (κ1) is 12.0. The van der Waals surface area contributed by atoms with E-state index in [1.165, 1.54) is 6.20 Å². The Labute approximate surface area is 114 Å². The Balaban J connectivity index is 1.95. The molecule has 3 rings (SSSR count). The summed E-state index contributed by atoms with van der Waals surface area (Å²) in [6.07, 6.45) is 3.16. The third kappa shape index (κ3) is 2.24. The lowest BCUT2D eigenvalue weighted by Crippen LogP contribution is -1.87. The molecule has 96 valence electrons. The van der Waals surface area contributed by atoms with Crippen molar-refractivity contribution in [2.24, 2.45) is 0 Å². The molecule has 0 aliphatic carbocycles. The van der Waals surface area contributed by atoms with Crippen LogP contribution in [-0.4, -0.2) is 20.1 Å². The van der Waals surface area contributed by atoms with Crippen molar-refractivity contribution in [2.75, 3.05) is 0 Å². The van der Waals surface area contributed by atoms with Crippen molar-refractivity contribution in [1.82, 2.24) is 20.1 Å². The molecule has 0 saturated carbocycles. The van der Waals surface area contributed by atoms with E-state index >= 15 is 0 Å². The van der Waals surface area contributed by atoms with Crippen LogP contribution in [0.3, 0.4) is 0 Å². The summed E-state index contributed by atoms with van der Waals surface area (Å²) in [6.45, 7) is 1.97. The van der Waals surface area contributed by atoms with Crippen LogP contribution >= 0.6 is 0 Å². The molecule has 3 aromatic rings. The first-order chi connectivity index (χ1) is 9.76. The largest absolute Gasteiger partial charge is 0.332 e. The SMILES string of the molecule is Cc1ccnc(-c2noc(-c3ccc(C#N)cn3)n2)c1. The maximum Gasteiger partial charge on any atom is 0.276 e. The van der Waals surface area contributed by atoms with E-state index in [1.54, 1.807) is 18.3 Å². The van der Waals surface area contributed by atoms with Crippen LogP contribution in [0.4, 0.5) is 0 Å². The van der Waals surface area contributed by atoms with Crippen LogP contribution in [0.1, 0.15) is 11.1 Å². The average Bonchev–Trinajstić information content (AvgIpc) is 2.97. The molecule has 0 amide bonds. The maximum atomic E-state index is 8.73. The number of rotatable bonds is 2. The molecule has 0 aliphatic heterocycles. The van der Waals surface area contributed by atoms with E-state index in [-0.39, 0.29) is 0 Å². The predicted octanol–water partition coefficient (Wildman–Crippen LogP) is 2.37. The van der Waals surface area contributed by atoms with Gasteiger partial charge in [0.2, 0.25) is 5.82 Å². The van der Waals surface area contributed by atoms with Crippen LogP contribution in [0, 0.1) is 18.3 Å². The molecule has 0 bridgehead atoms. The summed E-state index contributed by atoms with van der Waals surface area (Å²) < 4.78 is 5.17. The molecule has 6 heteroatoms. The number of hydrogen-bond donors (Lipinski definition) is 0. The molecule has 3 heterocycles. The second kappa shape index (κ2) is 4.90. The molecule has 0 spiro atoms. The van der Waals surface area contributed by atoms with E-state index in [2.05, 4.69) is 20.1 Å². The fraction of sp³-hybridized carbons (Fsp3) is 0.0714. The average molecular weight is 263 g/mol. The molecule has 0 atom stereocenters. The molecule has 20 heavy (non-hydrogen) atoms. The van der Waals surface area contributed by atoms with Gasteiger partial charge in [0, 0.05) is 12.4 Å².